The molecule has 3 nitrogen and oxygen atoms in total. The molecule has 0 radical (unpaired) electrons. The van der Waals surface area contributed by atoms with Gasteiger partial charge in [-0.1, -0.05) is 109 Å². The number of hydrazine groups is 1. The average Bonchev–Trinajstić information content (AvgIpc) is 2.70. The molecule has 0 bridgehead atoms. The van der Waals surface area contributed by atoms with E-state index in [1.165, 1.54) is 96.3 Å². The molecule has 156 valence electrons. The van der Waals surface area contributed by atoms with Crippen molar-refractivity contribution in [3.05, 3.63) is 24.3 Å². The van der Waals surface area contributed by atoms with Gasteiger partial charge in [-0.3, -0.25) is 5.84 Å². The van der Waals surface area contributed by atoms with Gasteiger partial charge in [-0.2, -0.15) is 0 Å². The molecule has 3 N–H and O–H groups in total. The lowest BCUT2D eigenvalue weighted by Gasteiger charge is -2.08. The highest BCUT2D eigenvalue weighted by Crippen LogP contribution is 2.17. The molecule has 0 aromatic heterocycles. The number of unbranched alkanes of at least 4 members (excludes halogenated alkanes) is 15. The third-order valence-corrected chi connectivity index (χ3v) is 5.27. The van der Waals surface area contributed by atoms with Gasteiger partial charge in [0.15, 0.2) is 0 Å². The molecule has 27 heavy (non-hydrogen) atoms. The van der Waals surface area contributed by atoms with Crippen LogP contribution in [0.2, 0.25) is 0 Å². The summed E-state index contributed by atoms with van der Waals surface area (Å²) in [5.41, 5.74) is 3.53. The standard InChI is InChI=1S/C24H44N2O/c1-2-3-4-5-6-7-8-9-10-11-12-13-14-15-16-17-21-27-24-20-18-19-23(22-24)26-25/h18-20,22,26H,2-17,21,25H2,1H3. The minimum atomic E-state index is 0.798. The first-order valence-corrected chi connectivity index (χ1v) is 11.6. The predicted octanol–water partition coefficient (Wildman–Crippen LogP) is 7.61. The zero-order valence-electron chi connectivity index (χ0n) is 17.8. The lowest BCUT2D eigenvalue weighted by atomic mass is 10.0. The van der Waals surface area contributed by atoms with Gasteiger partial charge in [0.1, 0.15) is 5.75 Å². The second kappa shape index (κ2) is 18.2. The molecule has 0 amide bonds. The summed E-state index contributed by atoms with van der Waals surface area (Å²) in [6, 6.07) is 7.80. The summed E-state index contributed by atoms with van der Waals surface area (Å²) in [5.74, 6) is 6.30. The van der Waals surface area contributed by atoms with Crippen LogP contribution in [0.1, 0.15) is 110 Å². The first kappa shape index (κ1) is 23.8. The molecular formula is C24H44N2O. The molecule has 3 heteroatoms. The van der Waals surface area contributed by atoms with Crippen molar-refractivity contribution in [2.45, 2.75) is 110 Å². The molecule has 0 aliphatic heterocycles. The van der Waals surface area contributed by atoms with E-state index in [4.69, 9.17) is 10.6 Å². The molecule has 0 unspecified atom stereocenters. The molecule has 0 saturated carbocycles. The lowest BCUT2D eigenvalue weighted by Crippen LogP contribution is -2.06. The van der Waals surface area contributed by atoms with Crippen LogP contribution in [0.4, 0.5) is 5.69 Å². The van der Waals surface area contributed by atoms with E-state index in [9.17, 15) is 0 Å². The molecule has 0 heterocycles. The Balaban J connectivity index is 1.76. The largest absolute Gasteiger partial charge is 0.494 e. The SMILES string of the molecule is CCCCCCCCCCCCCCCCCCOc1cccc(NN)c1. The molecule has 0 aliphatic carbocycles. The van der Waals surface area contributed by atoms with Gasteiger partial charge in [0, 0.05) is 6.07 Å². The fraction of sp³-hybridized carbons (Fsp3) is 0.750. The molecule has 1 aromatic rings. The van der Waals surface area contributed by atoms with E-state index in [0.717, 1.165) is 24.5 Å². The Kier molecular flexibility index (Phi) is 16.0. The van der Waals surface area contributed by atoms with Crippen molar-refractivity contribution in [3.8, 4) is 5.75 Å². The van der Waals surface area contributed by atoms with Gasteiger partial charge in [-0.15, -0.1) is 0 Å². The highest BCUT2D eigenvalue weighted by Gasteiger charge is 1.97. The van der Waals surface area contributed by atoms with E-state index >= 15 is 0 Å². The first-order chi connectivity index (χ1) is 13.4. The third-order valence-electron chi connectivity index (χ3n) is 5.27. The number of nitrogen functional groups attached to an aromatic ring is 1. The minimum absolute atomic E-state index is 0.798. The van der Waals surface area contributed by atoms with Crippen molar-refractivity contribution in [2.24, 2.45) is 5.84 Å². The van der Waals surface area contributed by atoms with Crippen molar-refractivity contribution < 1.29 is 4.74 Å². The van der Waals surface area contributed by atoms with Crippen LogP contribution >= 0.6 is 0 Å². The van der Waals surface area contributed by atoms with Crippen molar-refractivity contribution in [3.63, 3.8) is 0 Å². The lowest BCUT2D eigenvalue weighted by molar-refractivity contribution is 0.304. The summed E-state index contributed by atoms with van der Waals surface area (Å²) >= 11 is 0. The Morgan fingerprint density at radius 3 is 1.67 bits per heavy atom. The Bertz CT molecular complexity index is 436. The Morgan fingerprint density at radius 2 is 1.19 bits per heavy atom. The van der Waals surface area contributed by atoms with Gasteiger partial charge >= 0.3 is 0 Å². The Hall–Kier alpha value is -1.22. The van der Waals surface area contributed by atoms with Crippen LogP contribution in [0, 0.1) is 0 Å². The number of ether oxygens (including phenoxy) is 1. The Labute approximate surface area is 168 Å². The monoisotopic (exact) mass is 376 g/mol. The number of nitrogens with one attached hydrogen (secondary N) is 1. The van der Waals surface area contributed by atoms with E-state index < -0.39 is 0 Å². The highest BCUT2D eigenvalue weighted by molar-refractivity contribution is 5.46. The average molecular weight is 377 g/mol. The number of anilines is 1. The zero-order valence-corrected chi connectivity index (χ0v) is 17.8. The van der Waals surface area contributed by atoms with Gasteiger partial charge in [-0.25, -0.2) is 0 Å². The maximum atomic E-state index is 5.77. The Morgan fingerprint density at radius 1 is 0.704 bits per heavy atom. The van der Waals surface area contributed by atoms with Crippen LogP contribution in [-0.2, 0) is 0 Å². The van der Waals surface area contributed by atoms with E-state index in [0.29, 0.717) is 0 Å². The quantitative estimate of drug-likeness (QED) is 0.148. The van der Waals surface area contributed by atoms with E-state index in [1.807, 2.05) is 24.3 Å². The smallest absolute Gasteiger partial charge is 0.121 e. The second-order valence-corrected chi connectivity index (χ2v) is 7.82. The van der Waals surface area contributed by atoms with E-state index in [2.05, 4.69) is 12.3 Å². The number of hydrogen-bond acceptors (Lipinski definition) is 3. The summed E-state index contributed by atoms with van der Waals surface area (Å²) in [4.78, 5) is 0. The number of hydrogen-bond donors (Lipinski definition) is 2. The second-order valence-electron chi connectivity index (χ2n) is 7.82. The van der Waals surface area contributed by atoms with Crippen LogP contribution in [0.3, 0.4) is 0 Å². The zero-order chi connectivity index (χ0) is 19.4. The van der Waals surface area contributed by atoms with Gasteiger partial charge in [0.05, 0.1) is 12.3 Å². The van der Waals surface area contributed by atoms with E-state index in [1.54, 1.807) is 0 Å². The minimum Gasteiger partial charge on any atom is -0.494 e. The number of rotatable bonds is 19. The van der Waals surface area contributed by atoms with Crippen LogP contribution in [0.15, 0.2) is 24.3 Å². The molecule has 0 fully saturated rings. The summed E-state index contributed by atoms with van der Waals surface area (Å²) in [7, 11) is 0. The molecule has 0 atom stereocenters. The van der Waals surface area contributed by atoms with Crippen LogP contribution in [-0.4, -0.2) is 6.61 Å². The third kappa shape index (κ3) is 14.5. The molecule has 1 rings (SSSR count). The van der Waals surface area contributed by atoms with Gasteiger partial charge < -0.3 is 10.2 Å². The molecule has 0 spiro atoms. The number of benzene rings is 1. The fourth-order valence-electron chi connectivity index (χ4n) is 3.52. The summed E-state index contributed by atoms with van der Waals surface area (Å²) < 4.78 is 5.77. The predicted molar refractivity (Wildman–Crippen MR) is 119 cm³/mol. The molecule has 1 aromatic carbocycles. The maximum Gasteiger partial charge on any atom is 0.121 e. The first-order valence-electron chi connectivity index (χ1n) is 11.6. The fourth-order valence-corrected chi connectivity index (χ4v) is 3.52. The van der Waals surface area contributed by atoms with Crippen molar-refractivity contribution >= 4 is 5.69 Å². The van der Waals surface area contributed by atoms with Crippen LogP contribution < -0.4 is 16.0 Å². The number of nitrogens with two attached hydrogens (primary N) is 1. The van der Waals surface area contributed by atoms with E-state index in [-0.39, 0.29) is 0 Å². The summed E-state index contributed by atoms with van der Waals surface area (Å²) in [5, 5.41) is 0. The van der Waals surface area contributed by atoms with Crippen LogP contribution in [0.25, 0.3) is 0 Å². The van der Waals surface area contributed by atoms with Gasteiger partial charge in [0.2, 0.25) is 0 Å². The van der Waals surface area contributed by atoms with Crippen molar-refractivity contribution in [1.82, 2.24) is 0 Å². The van der Waals surface area contributed by atoms with Crippen molar-refractivity contribution in [1.29, 1.82) is 0 Å². The molecule has 0 aliphatic rings. The van der Waals surface area contributed by atoms with Crippen LogP contribution in [0.5, 0.6) is 5.75 Å². The van der Waals surface area contributed by atoms with Gasteiger partial charge in [0.25, 0.3) is 0 Å². The highest BCUT2D eigenvalue weighted by atomic mass is 16.5. The maximum absolute atomic E-state index is 5.77. The molecular weight excluding hydrogens is 332 g/mol. The normalized spacial score (nSPS) is 10.9. The molecule has 0 saturated heterocycles. The summed E-state index contributed by atoms with van der Waals surface area (Å²) in [6.07, 6.45) is 22.3. The summed E-state index contributed by atoms with van der Waals surface area (Å²) in [6.45, 7) is 3.09. The topological polar surface area (TPSA) is 47.3 Å². The van der Waals surface area contributed by atoms with Gasteiger partial charge in [-0.05, 0) is 18.6 Å². The van der Waals surface area contributed by atoms with Crippen molar-refractivity contribution in [2.75, 3.05) is 12.0 Å².